The Morgan fingerprint density at radius 3 is 2.55 bits per heavy atom. The van der Waals surface area contributed by atoms with E-state index >= 15 is 0 Å². The van der Waals surface area contributed by atoms with Gasteiger partial charge in [0, 0.05) is 25.7 Å². The summed E-state index contributed by atoms with van der Waals surface area (Å²) in [6.07, 6.45) is 6.46. The molecule has 0 spiro atoms. The summed E-state index contributed by atoms with van der Waals surface area (Å²) in [4.78, 5) is 30.7. The van der Waals surface area contributed by atoms with Gasteiger partial charge < -0.3 is 20.4 Å². The van der Waals surface area contributed by atoms with Crippen LogP contribution in [0.2, 0.25) is 0 Å². The van der Waals surface area contributed by atoms with Crippen LogP contribution in [0.3, 0.4) is 0 Å². The van der Waals surface area contributed by atoms with Crippen LogP contribution in [0, 0.1) is 11.8 Å². The number of fused-ring (bicyclic) bond motifs is 1. The molecule has 4 atom stereocenters. The van der Waals surface area contributed by atoms with E-state index in [0.29, 0.717) is 11.8 Å². The number of piperidine rings is 1. The molecule has 2 heterocycles. The normalized spacial score (nSPS) is 25.7. The molecule has 1 saturated carbocycles. The first kappa shape index (κ1) is 22.3. The fourth-order valence-corrected chi connectivity index (χ4v) is 5.15. The summed E-state index contributed by atoms with van der Waals surface area (Å²) in [5, 5.41) is 6.05. The summed E-state index contributed by atoms with van der Waals surface area (Å²) in [6.45, 7) is 5.79. The van der Waals surface area contributed by atoms with E-state index in [-0.39, 0.29) is 29.9 Å². The van der Waals surface area contributed by atoms with Crippen LogP contribution < -0.4 is 10.6 Å². The lowest BCUT2D eigenvalue weighted by atomic mass is 9.91. The van der Waals surface area contributed by atoms with Crippen molar-refractivity contribution in [3.8, 4) is 0 Å². The van der Waals surface area contributed by atoms with Crippen molar-refractivity contribution in [1.82, 2.24) is 20.4 Å². The van der Waals surface area contributed by atoms with Gasteiger partial charge in [0.1, 0.15) is 6.04 Å². The molecule has 1 aliphatic carbocycles. The van der Waals surface area contributed by atoms with Crippen LogP contribution in [0.5, 0.6) is 0 Å². The van der Waals surface area contributed by atoms with Gasteiger partial charge in [-0.2, -0.15) is 0 Å². The monoisotopic (exact) mass is 426 g/mol. The number of likely N-dealkylation sites (tertiary alicyclic amines) is 2. The SMILES string of the molecule is CN[C@@H](C)C(=O)N[C@@H](CC1CC1)C(=O)N1CC[C@H]2CCN(CCc3ccccc3)C[C@H]21. The van der Waals surface area contributed by atoms with Crippen molar-refractivity contribution < 1.29 is 9.59 Å². The van der Waals surface area contributed by atoms with E-state index in [0.717, 1.165) is 45.4 Å². The zero-order valence-corrected chi connectivity index (χ0v) is 19.1. The molecule has 6 heteroatoms. The van der Waals surface area contributed by atoms with Gasteiger partial charge in [0.05, 0.1) is 6.04 Å². The number of likely N-dealkylation sites (N-methyl/N-ethyl adjacent to an activating group) is 1. The molecule has 1 aromatic carbocycles. The van der Waals surface area contributed by atoms with Gasteiger partial charge in [0.25, 0.3) is 0 Å². The third-order valence-electron chi connectivity index (χ3n) is 7.50. The minimum absolute atomic E-state index is 0.0784. The Bertz CT molecular complexity index is 751. The van der Waals surface area contributed by atoms with Crippen molar-refractivity contribution in [3.05, 3.63) is 35.9 Å². The highest BCUT2D eigenvalue weighted by molar-refractivity contribution is 5.90. The van der Waals surface area contributed by atoms with Gasteiger partial charge in [-0.3, -0.25) is 9.59 Å². The number of carbonyl (C=O) groups is 2. The molecule has 1 aromatic rings. The predicted octanol–water partition coefficient (Wildman–Crippen LogP) is 2.04. The van der Waals surface area contributed by atoms with Gasteiger partial charge in [-0.15, -0.1) is 0 Å². The first-order valence-corrected chi connectivity index (χ1v) is 12.1. The predicted molar refractivity (Wildman–Crippen MR) is 123 cm³/mol. The quantitative estimate of drug-likeness (QED) is 0.634. The number of benzene rings is 1. The smallest absolute Gasteiger partial charge is 0.245 e. The summed E-state index contributed by atoms with van der Waals surface area (Å²) in [6, 6.07) is 10.3. The lowest BCUT2D eigenvalue weighted by Crippen LogP contribution is -2.56. The summed E-state index contributed by atoms with van der Waals surface area (Å²) in [5.41, 5.74) is 1.37. The maximum absolute atomic E-state index is 13.6. The minimum Gasteiger partial charge on any atom is -0.343 e. The molecule has 170 valence electrons. The molecule has 0 unspecified atom stereocenters. The van der Waals surface area contributed by atoms with Crippen molar-refractivity contribution in [2.24, 2.45) is 11.8 Å². The summed E-state index contributed by atoms with van der Waals surface area (Å²) in [7, 11) is 1.78. The second-order valence-electron chi connectivity index (χ2n) is 9.72. The Morgan fingerprint density at radius 2 is 1.84 bits per heavy atom. The summed E-state index contributed by atoms with van der Waals surface area (Å²) >= 11 is 0. The van der Waals surface area contributed by atoms with E-state index in [2.05, 4.69) is 50.8 Å². The molecule has 2 amide bonds. The van der Waals surface area contributed by atoms with Crippen molar-refractivity contribution in [2.45, 2.75) is 63.6 Å². The number of amides is 2. The molecule has 31 heavy (non-hydrogen) atoms. The summed E-state index contributed by atoms with van der Waals surface area (Å²) in [5.74, 6) is 1.25. The van der Waals surface area contributed by atoms with Gasteiger partial charge in [0.2, 0.25) is 11.8 Å². The highest BCUT2D eigenvalue weighted by atomic mass is 16.2. The largest absolute Gasteiger partial charge is 0.343 e. The lowest BCUT2D eigenvalue weighted by Gasteiger charge is -2.39. The standard InChI is InChI=1S/C25H38N4O2/c1-18(26-2)24(30)27-22(16-20-8-9-20)25(31)29-15-12-21-11-14-28(17-23(21)29)13-10-19-6-4-3-5-7-19/h3-7,18,20-23,26H,8-17H2,1-2H3,(H,27,30)/t18-,21+,22-,23+/m0/s1. The van der Waals surface area contributed by atoms with Gasteiger partial charge in [0.15, 0.2) is 0 Å². The fraction of sp³-hybridized carbons (Fsp3) is 0.680. The molecule has 0 bridgehead atoms. The zero-order chi connectivity index (χ0) is 21.8. The highest BCUT2D eigenvalue weighted by Gasteiger charge is 2.43. The molecule has 2 saturated heterocycles. The van der Waals surface area contributed by atoms with E-state index in [4.69, 9.17) is 0 Å². The fourth-order valence-electron chi connectivity index (χ4n) is 5.15. The molecule has 3 fully saturated rings. The number of hydrogen-bond acceptors (Lipinski definition) is 4. The van der Waals surface area contributed by atoms with E-state index in [1.807, 2.05) is 6.92 Å². The van der Waals surface area contributed by atoms with Gasteiger partial charge >= 0.3 is 0 Å². The van der Waals surface area contributed by atoms with Crippen LogP contribution in [-0.2, 0) is 16.0 Å². The van der Waals surface area contributed by atoms with Crippen LogP contribution in [0.1, 0.15) is 44.6 Å². The molecule has 6 nitrogen and oxygen atoms in total. The van der Waals surface area contributed by atoms with Crippen molar-refractivity contribution in [2.75, 3.05) is 33.2 Å². The molecular formula is C25H38N4O2. The number of rotatable bonds is 9. The maximum atomic E-state index is 13.6. The van der Waals surface area contributed by atoms with Crippen LogP contribution in [0.15, 0.2) is 30.3 Å². The highest BCUT2D eigenvalue weighted by Crippen LogP contribution is 2.36. The number of nitrogens with zero attached hydrogens (tertiary/aromatic N) is 2. The number of hydrogen-bond donors (Lipinski definition) is 2. The second kappa shape index (κ2) is 10.1. The van der Waals surface area contributed by atoms with Crippen LogP contribution in [0.25, 0.3) is 0 Å². The topological polar surface area (TPSA) is 64.7 Å². The van der Waals surface area contributed by atoms with Crippen LogP contribution >= 0.6 is 0 Å². The van der Waals surface area contributed by atoms with E-state index in [1.165, 1.54) is 24.8 Å². The first-order chi connectivity index (χ1) is 15.0. The zero-order valence-electron chi connectivity index (χ0n) is 19.1. The molecule has 2 aliphatic heterocycles. The maximum Gasteiger partial charge on any atom is 0.245 e. The van der Waals surface area contributed by atoms with Crippen molar-refractivity contribution in [1.29, 1.82) is 0 Å². The molecule has 0 radical (unpaired) electrons. The third-order valence-corrected chi connectivity index (χ3v) is 7.50. The van der Waals surface area contributed by atoms with Crippen LogP contribution in [-0.4, -0.2) is 73.0 Å². The van der Waals surface area contributed by atoms with Gasteiger partial charge in [-0.25, -0.2) is 0 Å². The Morgan fingerprint density at radius 1 is 1.10 bits per heavy atom. The van der Waals surface area contributed by atoms with Crippen molar-refractivity contribution in [3.63, 3.8) is 0 Å². The Kier molecular flexibility index (Phi) is 7.28. The third kappa shape index (κ3) is 5.66. The Labute approximate surface area is 186 Å². The van der Waals surface area contributed by atoms with Gasteiger partial charge in [-0.05, 0) is 63.6 Å². The molecule has 2 N–H and O–H groups in total. The van der Waals surface area contributed by atoms with E-state index in [1.54, 1.807) is 7.05 Å². The van der Waals surface area contributed by atoms with Crippen molar-refractivity contribution >= 4 is 11.8 Å². The minimum atomic E-state index is -0.380. The number of carbonyl (C=O) groups excluding carboxylic acids is 2. The lowest BCUT2D eigenvalue weighted by molar-refractivity contribution is -0.138. The Hall–Kier alpha value is -1.92. The average Bonchev–Trinajstić information content (AvgIpc) is 3.52. The van der Waals surface area contributed by atoms with Crippen LogP contribution in [0.4, 0.5) is 0 Å². The molecule has 0 aromatic heterocycles. The first-order valence-electron chi connectivity index (χ1n) is 12.1. The van der Waals surface area contributed by atoms with E-state index < -0.39 is 0 Å². The molecule has 3 aliphatic rings. The summed E-state index contributed by atoms with van der Waals surface area (Å²) < 4.78 is 0. The van der Waals surface area contributed by atoms with Gasteiger partial charge in [-0.1, -0.05) is 43.2 Å². The van der Waals surface area contributed by atoms with E-state index in [9.17, 15) is 9.59 Å². The average molecular weight is 427 g/mol. The molecule has 4 rings (SSSR count). The Balaban J connectivity index is 1.37. The second-order valence-corrected chi connectivity index (χ2v) is 9.72. The number of nitrogens with one attached hydrogen (secondary N) is 2. The molecular weight excluding hydrogens is 388 g/mol.